The molecular formula is C17H23NO4S. The summed E-state index contributed by atoms with van der Waals surface area (Å²) in [6.07, 6.45) is 4.22. The molecule has 126 valence electrons. The van der Waals surface area contributed by atoms with Gasteiger partial charge in [-0.05, 0) is 30.7 Å². The molecule has 0 saturated heterocycles. The molecule has 0 radical (unpaired) electrons. The molecule has 2 N–H and O–H groups in total. The first-order valence-electron chi connectivity index (χ1n) is 7.66. The Bertz CT molecular complexity index is 669. The number of carbonyl (C=O) groups is 1. The molecule has 1 unspecified atom stereocenters. The van der Waals surface area contributed by atoms with Crippen LogP contribution in [-0.4, -0.2) is 25.3 Å². The molecular weight excluding hydrogens is 314 g/mol. The van der Waals surface area contributed by atoms with Gasteiger partial charge in [-0.2, -0.15) is 0 Å². The first-order chi connectivity index (χ1) is 10.9. The molecule has 6 heteroatoms. The third-order valence-corrected chi connectivity index (χ3v) is 5.31. The van der Waals surface area contributed by atoms with Gasteiger partial charge < -0.3 is 0 Å². The molecule has 1 aromatic carbocycles. The quantitative estimate of drug-likeness (QED) is 0.347. The third-order valence-electron chi connectivity index (χ3n) is 3.38. The van der Waals surface area contributed by atoms with E-state index in [1.807, 2.05) is 0 Å². The van der Waals surface area contributed by atoms with E-state index in [-0.39, 0.29) is 10.6 Å². The molecule has 0 heterocycles. The van der Waals surface area contributed by atoms with Gasteiger partial charge in [-0.25, -0.2) is 13.9 Å². The first kappa shape index (κ1) is 19.2. The van der Waals surface area contributed by atoms with E-state index in [1.54, 1.807) is 12.1 Å². The van der Waals surface area contributed by atoms with Crippen molar-refractivity contribution in [3.63, 3.8) is 0 Å². The number of hydroxylamine groups is 1. The van der Waals surface area contributed by atoms with Crippen LogP contribution in [0.2, 0.25) is 0 Å². The second kappa shape index (κ2) is 9.33. The molecule has 0 saturated carbocycles. The fourth-order valence-corrected chi connectivity index (χ4v) is 3.54. The van der Waals surface area contributed by atoms with Crippen LogP contribution in [0.3, 0.4) is 0 Å². The number of sulfone groups is 1. The molecule has 0 spiro atoms. The number of rotatable bonds is 7. The van der Waals surface area contributed by atoms with E-state index in [1.165, 1.54) is 24.5 Å². The van der Waals surface area contributed by atoms with Gasteiger partial charge in [-0.3, -0.25) is 10.0 Å². The van der Waals surface area contributed by atoms with Crippen LogP contribution in [0.5, 0.6) is 0 Å². The number of hydrogen-bond acceptors (Lipinski definition) is 4. The minimum atomic E-state index is -3.58. The summed E-state index contributed by atoms with van der Waals surface area (Å²) in [5.41, 5.74) is 2.23. The van der Waals surface area contributed by atoms with Crippen molar-refractivity contribution in [1.82, 2.24) is 5.48 Å². The summed E-state index contributed by atoms with van der Waals surface area (Å²) in [5, 5.41) is 8.54. The topological polar surface area (TPSA) is 83.5 Å². The fraction of sp³-hybridized carbons (Fsp3) is 0.471. The van der Waals surface area contributed by atoms with Crippen LogP contribution in [0.25, 0.3) is 0 Å². The largest absolute Gasteiger partial charge is 0.289 e. The third kappa shape index (κ3) is 6.43. The van der Waals surface area contributed by atoms with Crippen molar-refractivity contribution in [2.45, 2.75) is 44.4 Å². The Kier molecular flexibility index (Phi) is 7.79. The highest BCUT2D eigenvalue weighted by atomic mass is 32.2. The molecule has 0 bridgehead atoms. The monoisotopic (exact) mass is 337 g/mol. The summed E-state index contributed by atoms with van der Waals surface area (Å²) in [6.45, 7) is 3.58. The van der Waals surface area contributed by atoms with Crippen molar-refractivity contribution in [2.75, 3.05) is 5.75 Å². The maximum Gasteiger partial charge on any atom is 0.247 e. The summed E-state index contributed by atoms with van der Waals surface area (Å²) < 4.78 is 24.4. The molecule has 0 aliphatic rings. The van der Waals surface area contributed by atoms with Crippen molar-refractivity contribution in [1.29, 1.82) is 0 Å². The lowest BCUT2D eigenvalue weighted by Crippen LogP contribution is -2.30. The number of nitrogens with one attached hydrogen (secondary N) is 1. The zero-order valence-corrected chi connectivity index (χ0v) is 14.3. The summed E-state index contributed by atoms with van der Waals surface area (Å²) >= 11 is 0. The second-order valence-electron chi connectivity index (χ2n) is 5.44. The highest BCUT2D eigenvalue weighted by Gasteiger charge is 2.22. The maximum atomic E-state index is 12.2. The minimum Gasteiger partial charge on any atom is -0.289 e. The standard InChI is InChI=1S/C17H23NO4S/c1-3-4-5-6-7-8-15-9-11-16(12-10-15)23(21,22)13-14(2)17(19)18-20/h9-12,14,20H,3-6,13H2,1-2H3,(H,18,19). The molecule has 0 aromatic heterocycles. The van der Waals surface area contributed by atoms with Crippen LogP contribution in [0.15, 0.2) is 29.2 Å². The van der Waals surface area contributed by atoms with Crippen LogP contribution in [0.1, 0.15) is 45.1 Å². The summed E-state index contributed by atoms with van der Waals surface area (Å²) in [6, 6.07) is 6.32. The van der Waals surface area contributed by atoms with E-state index in [0.717, 1.165) is 31.2 Å². The summed E-state index contributed by atoms with van der Waals surface area (Å²) in [4.78, 5) is 11.4. The van der Waals surface area contributed by atoms with Gasteiger partial charge in [0, 0.05) is 12.0 Å². The van der Waals surface area contributed by atoms with E-state index in [4.69, 9.17) is 5.21 Å². The van der Waals surface area contributed by atoms with Crippen LogP contribution >= 0.6 is 0 Å². The van der Waals surface area contributed by atoms with Crippen molar-refractivity contribution in [3.8, 4) is 11.8 Å². The highest BCUT2D eigenvalue weighted by Crippen LogP contribution is 2.15. The smallest absolute Gasteiger partial charge is 0.247 e. The Morgan fingerprint density at radius 1 is 1.26 bits per heavy atom. The summed E-state index contributed by atoms with van der Waals surface area (Å²) in [7, 11) is -3.58. The average Bonchev–Trinajstić information content (AvgIpc) is 2.54. The van der Waals surface area contributed by atoms with Crippen molar-refractivity contribution < 1.29 is 18.4 Å². The second-order valence-corrected chi connectivity index (χ2v) is 7.48. The van der Waals surface area contributed by atoms with E-state index in [0.29, 0.717) is 0 Å². The number of unbranched alkanes of at least 4 members (excludes halogenated alkanes) is 3. The predicted molar refractivity (Wildman–Crippen MR) is 88.6 cm³/mol. The zero-order chi connectivity index (χ0) is 17.3. The normalized spacial score (nSPS) is 12.1. The Hall–Kier alpha value is -1.84. The summed E-state index contributed by atoms with van der Waals surface area (Å²) in [5.74, 6) is 4.17. The fourth-order valence-electron chi connectivity index (χ4n) is 1.98. The van der Waals surface area contributed by atoms with E-state index >= 15 is 0 Å². The number of hydrogen-bond donors (Lipinski definition) is 2. The van der Waals surface area contributed by atoms with Crippen LogP contribution in [-0.2, 0) is 14.6 Å². The van der Waals surface area contributed by atoms with Crippen LogP contribution < -0.4 is 5.48 Å². The zero-order valence-electron chi connectivity index (χ0n) is 13.5. The van der Waals surface area contributed by atoms with Gasteiger partial charge >= 0.3 is 0 Å². The lowest BCUT2D eigenvalue weighted by molar-refractivity contribution is -0.132. The maximum absolute atomic E-state index is 12.2. The molecule has 1 rings (SSSR count). The van der Waals surface area contributed by atoms with Gasteiger partial charge in [0.15, 0.2) is 9.84 Å². The first-order valence-corrected chi connectivity index (χ1v) is 9.31. The number of amides is 1. The minimum absolute atomic E-state index is 0.145. The SMILES string of the molecule is CCCCCC#Cc1ccc(S(=O)(=O)CC(C)C(=O)NO)cc1. The van der Waals surface area contributed by atoms with Gasteiger partial charge in [-0.15, -0.1) is 0 Å². The molecule has 5 nitrogen and oxygen atoms in total. The van der Waals surface area contributed by atoms with Crippen molar-refractivity contribution >= 4 is 15.7 Å². The molecule has 0 aliphatic carbocycles. The van der Waals surface area contributed by atoms with Crippen molar-refractivity contribution in [2.24, 2.45) is 5.92 Å². The van der Waals surface area contributed by atoms with E-state index < -0.39 is 21.7 Å². The van der Waals surface area contributed by atoms with Gasteiger partial charge in [0.05, 0.1) is 16.6 Å². The molecule has 0 fully saturated rings. The lowest BCUT2D eigenvalue weighted by atomic mass is 10.2. The molecule has 1 atom stereocenters. The van der Waals surface area contributed by atoms with Gasteiger partial charge in [-0.1, -0.05) is 38.5 Å². The Morgan fingerprint density at radius 2 is 1.91 bits per heavy atom. The van der Waals surface area contributed by atoms with Crippen molar-refractivity contribution in [3.05, 3.63) is 29.8 Å². The Morgan fingerprint density at radius 3 is 2.48 bits per heavy atom. The predicted octanol–water partition coefficient (Wildman–Crippen LogP) is 2.53. The Labute approximate surface area is 138 Å². The molecule has 1 aromatic rings. The van der Waals surface area contributed by atoms with E-state index in [9.17, 15) is 13.2 Å². The lowest BCUT2D eigenvalue weighted by Gasteiger charge is -2.10. The molecule has 23 heavy (non-hydrogen) atoms. The highest BCUT2D eigenvalue weighted by molar-refractivity contribution is 7.91. The number of carbonyl (C=O) groups excluding carboxylic acids is 1. The van der Waals surface area contributed by atoms with Crippen LogP contribution in [0, 0.1) is 17.8 Å². The average molecular weight is 337 g/mol. The molecule has 0 aliphatic heterocycles. The molecule has 1 amide bonds. The van der Waals surface area contributed by atoms with Crippen LogP contribution in [0.4, 0.5) is 0 Å². The van der Waals surface area contributed by atoms with E-state index in [2.05, 4.69) is 18.8 Å². The van der Waals surface area contributed by atoms with Gasteiger partial charge in [0.2, 0.25) is 5.91 Å². The van der Waals surface area contributed by atoms with Gasteiger partial charge in [0.1, 0.15) is 0 Å². The van der Waals surface area contributed by atoms with Gasteiger partial charge in [0.25, 0.3) is 0 Å². The Balaban J connectivity index is 2.73. The number of benzene rings is 1.